The number of carbonyl (C=O) groups excluding carboxylic acids is 2. The molecule has 1 heterocycles. The lowest BCUT2D eigenvalue weighted by Crippen LogP contribution is -2.49. The molecule has 6 nitrogen and oxygen atoms in total. The van der Waals surface area contributed by atoms with Crippen molar-refractivity contribution >= 4 is 29.9 Å². The third kappa shape index (κ3) is 6.03. The maximum absolute atomic E-state index is 13.5. The first-order valence-corrected chi connectivity index (χ1v) is 7.37. The fraction of sp³-hybridized carbons (Fsp3) is 0.467. The minimum absolute atomic E-state index is 0. The number of hydrogen-bond donors (Lipinski definition) is 2. The molecule has 0 aliphatic carbocycles. The van der Waals surface area contributed by atoms with Gasteiger partial charge in [-0.25, -0.2) is 8.78 Å². The maximum Gasteiger partial charge on any atom is 0.238 e. The Morgan fingerprint density at radius 3 is 2.54 bits per heavy atom. The molecule has 1 aliphatic rings. The molecular weight excluding hydrogens is 342 g/mol. The zero-order valence-electron chi connectivity index (χ0n) is 13.3. The van der Waals surface area contributed by atoms with Crippen LogP contribution in [-0.2, 0) is 9.59 Å². The van der Waals surface area contributed by atoms with Crippen LogP contribution in [-0.4, -0.2) is 67.9 Å². The van der Waals surface area contributed by atoms with E-state index in [0.29, 0.717) is 19.2 Å². The van der Waals surface area contributed by atoms with E-state index in [-0.39, 0.29) is 37.1 Å². The molecular formula is C15H21ClF2N4O2. The zero-order chi connectivity index (χ0) is 16.8. The predicted octanol–water partition coefficient (Wildman–Crippen LogP) is 0.689. The van der Waals surface area contributed by atoms with E-state index in [1.165, 1.54) is 0 Å². The van der Waals surface area contributed by atoms with Gasteiger partial charge >= 0.3 is 0 Å². The fourth-order valence-electron chi connectivity index (χ4n) is 2.33. The second-order valence-corrected chi connectivity index (χ2v) is 5.48. The largest absolute Gasteiger partial charge is 0.339 e. The van der Waals surface area contributed by atoms with Gasteiger partial charge in [0.1, 0.15) is 11.6 Å². The van der Waals surface area contributed by atoms with Gasteiger partial charge in [-0.15, -0.1) is 12.4 Å². The van der Waals surface area contributed by atoms with Crippen LogP contribution in [0.2, 0.25) is 0 Å². The molecule has 1 fully saturated rings. The van der Waals surface area contributed by atoms with E-state index in [2.05, 4.69) is 10.6 Å². The Kier molecular flexibility index (Phi) is 8.03. The number of benzene rings is 1. The van der Waals surface area contributed by atoms with Crippen LogP contribution in [0.15, 0.2) is 18.2 Å². The highest BCUT2D eigenvalue weighted by Gasteiger charge is 2.19. The molecule has 134 valence electrons. The molecule has 2 amide bonds. The first-order chi connectivity index (χ1) is 11.0. The summed E-state index contributed by atoms with van der Waals surface area (Å²) in [4.78, 5) is 27.2. The van der Waals surface area contributed by atoms with Crippen LogP contribution in [0, 0.1) is 11.6 Å². The summed E-state index contributed by atoms with van der Waals surface area (Å²) in [5.74, 6) is -2.06. The summed E-state index contributed by atoms with van der Waals surface area (Å²) < 4.78 is 26.3. The van der Waals surface area contributed by atoms with Crippen molar-refractivity contribution in [1.82, 2.24) is 15.1 Å². The highest BCUT2D eigenvalue weighted by Crippen LogP contribution is 2.14. The van der Waals surface area contributed by atoms with E-state index >= 15 is 0 Å². The number of rotatable bonds is 5. The van der Waals surface area contributed by atoms with E-state index in [0.717, 1.165) is 25.2 Å². The fourth-order valence-corrected chi connectivity index (χ4v) is 2.33. The van der Waals surface area contributed by atoms with Crippen LogP contribution in [0.3, 0.4) is 0 Å². The number of nitrogens with one attached hydrogen (secondary N) is 2. The van der Waals surface area contributed by atoms with E-state index < -0.39 is 17.5 Å². The highest BCUT2D eigenvalue weighted by atomic mass is 35.5. The van der Waals surface area contributed by atoms with Crippen molar-refractivity contribution < 1.29 is 18.4 Å². The van der Waals surface area contributed by atoms with Gasteiger partial charge in [-0.1, -0.05) is 0 Å². The van der Waals surface area contributed by atoms with Crippen molar-refractivity contribution in [2.75, 3.05) is 51.6 Å². The Morgan fingerprint density at radius 2 is 1.92 bits per heavy atom. The first-order valence-electron chi connectivity index (χ1n) is 7.37. The number of likely N-dealkylation sites (N-methyl/N-ethyl adjacent to an activating group) is 1. The molecule has 9 heteroatoms. The van der Waals surface area contributed by atoms with E-state index in [4.69, 9.17) is 0 Å². The average Bonchev–Trinajstić information content (AvgIpc) is 2.50. The molecule has 24 heavy (non-hydrogen) atoms. The summed E-state index contributed by atoms with van der Waals surface area (Å²) in [6.45, 7) is 2.88. The third-order valence-corrected chi connectivity index (χ3v) is 3.49. The Labute approximate surface area is 145 Å². The SMILES string of the molecule is CN(CC(=O)Nc1ccc(F)cc1F)CC(=O)N1CCNCC1.Cl. The Balaban J connectivity index is 0.00000288. The summed E-state index contributed by atoms with van der Waals surface area (Å²) in [5.41, 5.74) is -0.0850. The lowest BCUT2D eigenvalue weighted by molar-refractivity contribution is -0.133. The lowest BCUT2D eigenvalue weighted by atomic mass is 10.3. The number of hydrogen-bond acceptors (Lipinski definition) is 4. The van der Waals surface area contributed by atoms with Gasteiger partial charge in [-0.05, 0) is 19.2 Å². The van der Waals surface area contributed by atoms with Gasteiger partial charge < -0.3 is 15.5 Å². The quantitative estimate of drug-likeness (QED) is 0.809. The number of piperazine rings is 1. The van der Waals surface area contributed by atoms with Gasteiger partial charge in [0.05, 0.1) is 18.8 Å². The molecule has 0 bridgehead atoms. The summed E-state index contributed by atoms with van der Waals surface area (Å²) >= 11 is 0. The van der Waals surface area contributed by atoms with E-state index in [9.17, 15) is 18.4 Å². The van der Waals surface area contributed by atoms with Crippen LogP contribution < -0.4 is 10.6 Å². The van der Waals surface area contributed by atoms with Crippen molar-refractivity contribution in [3.8, 4) is 0 Å². The summed E-state index contributed by atoms with van der Waals surface area (Å²) in [5, 5.41) is 5.52. The number of nitrogens with zero attached hydrogens (tertiary/aromatic N) is 2. The van der Waals surface area contributed by atoms with Crippen molar-refractivity contribution in [2.45, 2.75) is 0 Å². The summed E-state index contributed by atoms with van der Waals surface area (Å²) in [7, 11) is 1.64. The zero-order valence-corrected chi connectivity index (χ0v) is 14.2. The van der Waals surface area contributed by atoms with Crippen LogP contribution in [0.1, 0.15) is 0 Å². The first kappa shape index (κ1) is 20.3. The molecule has 1 aliphatic heterocycles. The van der Waals surface area contributed by atoms with Gasteiger partial charge in [-0.3, -0.25) is 14.5 Å². The van der Waals surface area contributed by atoms with Crippen molar-refractivity contribution in [3.05, 3.63) is 29.8 Å². The molecule has 1 aromatic rings. The van der Waals surface area contributed by atoms with Crippen LogP contribution >= 0.6 is 12.4 Å². The summed E-state index contributed by atoms with van der Waals surface area (Å²) in [6.07, 6.45) is 0. The maximum atomic E-state index is 13.5. The van der Waals surface area contributed by atoms with Crippen LogP contribution in [0.5, 0.6) is 0 Å². The molecule has 1 aromatic carbocycles. The van der Waals surface area contributed by atoms with E-state index in [1.807, 2.05) is 0 Å². The molecule has 0 unspecified atom stereocenters. The molecule has 0 aromatic heterocycles. The monoisotopic (exact) mass is 362 g/mol. The number of amides is 2. The van der Waals surface area contributed by atoms with Crippen LogP contribution in [0.25, 0.3) is 0 Å². The van der Waals surface area contributed by atoms with Crippen molar-refractivity contribution in [1.29, 1.82) is 0 Å². The molecule has 0 atom stereocenters. The molecule has 2 rings (SSSR count). The lowest BCUT2D eigenvalue weighted by Gasteiger charge is -2.29. The third-order valence-electron chi connectivity index (χ3n) is 3.49. The number of carbonyl (C=O) groups is 2. The Morgan fingerprint density at radius 1 is 1.25 bits per heavy atom. The Hall–Kier alpha value is -1.77. The normalized spacial score (nSPS) is 14.2. The minimum atomic E-state index is -0.835. The van der Waals surface area contributed by atoms with Gasteiger partial charge in [0.15, 0.2) is 0 Å². The smallest absolute Gasteiger partial charge is 0.238 e. The standard InChI is InChI=1S/C15H20F2N4O2.ClH/c1-20(10-15(23)21-6-4-18-5-7-21)9-14(22)19-13-3-2-11(16)8-12(13)17;/h2-3,8,18H,4-7,9-10H2,1H3,(H,19,22);1H. The number of halogens is 3. The average molecular weight is 363 g/mol. The summed E-state index contributed by atoms with van der Waals surface area (Å²) in [6, 6.07) is 2.93. The second kappa shape index (κ2) is 9.51. The number of anilines is 1. The topological polar surface area (TPSA) is 64.7 Å². The molecule has 2 N–H and O–H groups in total. The molecule has 1 saturated heterocycles. The van der Waals surface area contributed by atoms with Crippen LogP contribution in [0.4, 0.5) is 14.5 Å². The Bertz CT molecular complexity index is 583. The molecule has 0 spiro atoms. The highest BCUT2D eigenvalue weighted by molar-refractivity contribution is 5.92. The van der Waals surface area contributed by atoms with Gasteiger partial charge in [0.2, 0.25) is 11.8 Å². The molecule has 0 radical (unpaired) electrons. The van der Waals surface area contributed by atoms with Crippen molar-refractivity contribution in [3.63, 3.8) is 0 Å². The predicted molar refractivity (Wildman–Crippen MR) is 89.2 cm³/mol. The van der Waals surface area contributed by atoms with Crippen molar-refractivity contribution in [2.24, 2.45) is 0 Å². The van der Waals surface area contributed by atoms with Gasteiger partial charge in [0.25, 0.3) is 0 Å². The van der Waals surface area contributed by atoms with Gasteiger partial charge in [-0.2, -0.15) is 0 Å². The van der Waals surface area contributed by atoms with E-state index in [1.54, 1.807) is 16.8 Å². The molecule has 0 saturated carbocycles. The van der Waals surface area contributed by atoms with Gasteiger partial charge in [0, 0.05) is 32.2 Å². The minimum Gasteiger partial charge on any atom is -0.339 e. The second-order valence-electron chi connectivity index (χ2n) is 5.48.